The van der Waals surface area contributed by atoms with Gasteiger partial charge in [-0.25, -0.2) is 0 Å². The second-order valence-electron chi connectivity index (χ2n) is 5.07. The van der Waals surface area contributed by atoms with E-state index in [0.717, 1.165) is 10.4 Å². The number of amides is 2. The van der Waals surface area contributed by atoms with Crippen LogP contribution in [0.1, 0.15) is 32.6 Å². The standard InChI is InChI=1S/C16H15N3O3S/c1-10-7-8-14(23-10)16(21)18-17-15(20)12-9-13(22-19-12)11-5-3-2-4-6-11/h2-8,13H,9H2,1H3,(H,17,20)(H,18,21). The van der Waals surface area contributed by atoms with Gasteiger partial charge in [-0.15, -0.1) is 11.3 Å². The van der Waals surface area contributed by atoms with Crippen molar-refractivity contribution in [2.45, 2.75) is 19.4 Å². The van der Waals surface area contributed by atoms with Crippen molar-refractivity contribution in [2.75, 3.05) is 0 Å². The van der Waals surface area contributed by atoms with Gasteiger partial charge in [0, 0.05) is 11.3 Å². The summed E-state index contributed by atoms with van der Waals surface area (Å²) in [5.41, 5.74) is 5.95. The maximum Gasteiger partial charge on any atom is 0.287 e. The molecule has 23 heavy (non-hydrogen) atoms. The number of carbonyl (C=O) groups is 2. The number of benzene rings is 1. The first-order valence-electron chi connectivity index (χ1n) is 7.08. The van der Waals surface area contributed by atoms with Gasteiger partial charge in [0.2, 0.25) is 0 Å². The van der Waals surface area contributed by atoms with Crippen molar-refractivity contribution in [3.05, 3.63) is 57.8 Å². The second-order valence-corrected chi connectivity index (χ2v) is 6.35. The van der Waals surface area contributed by atoms with E-state index in [4.69, 9.17) is 4.84 Å². The largest absolute Gasteiger partial charge is 0.387 e. The molecule has 0 saturated carbocycles. The van der Waals surface area contributed by atoms with Gasteiger partial charge in [0.15, 0.2) is 11.8 Å². The third kappa shape index (κ3) is 3.57. The van der Waals surface area contributed by atoms with Crippen LogP contribution in [-0.2, 0) is 9.63 Å². The molecule has 6 nitrogen and oxygen atoms in total. The first kappa shape index (κ1) is 15.2. The monoisotopic (exact) mass is 329 g/mol. The Hall–Kier alpha value is -2.67. The molecule has 0 saturated heterocycles. The SMILES string of the molecule is Cc1ccc(C(=O)NNC(=O)C2=NOC(c3ccccc3)C2)s1. The highest BCUT2D eigenvalue weighted by Crippen LogP contribution is 2.26. The fourth-order valence-electron chi connectivity index (χ4n) is 2.16. The predicted octanol–water partition coefficient (Wildman–Crippen LogP) is 2.34. The van der Waals surface area contributed by atoms with Crippen LogP contribution in [0, 0.1) is 6.92 Å². The maximum atomic E-state index is 12.0. The Balaban J connectivity index is 1.52. The van der Waals surface area contributed by atoms with Crippen LogP contribution in [0.15, 0.2) is 47.6 Å². The number of hydrazine groups is 1. The minimum atomic E-state index is -0.468. The van der Waals surface area contributed by atoms with Crippen molar-refractivity contribution < 1.29 is 14.4 Å². The quantitative estimate of drug-likeness (QED) is 0.848. The van der Waals surface area contributed by atoms with Crippen LogP contribution in [0.2, 0.25) is 0 Å². The summed E-state index contributed by atoms with van der Waals surface area (Å²) < 4.78 is 0. The molecule has 2 aromatic rings. The van der Waals surface area contributed by atoms with Crippen molar-refractivity contribution in [2.24, 2.45) is 5.16 Å². The summed E-state index contributed by atoms with van der Waals surface area (Å²) in [4.78, 5) is 30.8. The van der Waals surface area contributed by atoms with Crippen LogP contribution in [0.4, 0.5) is 0 Å². The fraction of sp³-hybridized carbons (Fsp3) is 0.188. The number of oxime groups is 1. The van der Waals surface area contributed by atoms with E-state index in [2.05, 4.69) is 16.0 Å². The van der Waals surface area contributed by atoms with Gasteiger partial charge >= 0.3 is 0 Å². The molecule has 2 heterocycles. The van der Waals surface area contributed by atoms with Gasteiger partial charge in [0.25, 0.3) is 11.8 Å². The van der Waals surface area contributed by atoms with Crippen LogP contribution in [0.3, 0.4) is 0 Å². The topological polar surface area (TPSA) is 79.8 Å². The lowest BCUT2D eigenvalue weighted by Crippen LogP contribution is -2.44. The molecule has 0 aliphatic carbocycles. The highest BCUT2D eigenvalue weighted by molar-refractivity contribution is 7.13. The summed E-state index contributed by atoms with van der Waals surface area (Å²) in [6.45, 7) is 1.91. The molecule has 0 radical (unpaired) electrons. The summed E-state index contributed by atoms with van der Waals surface area (Å²) in [6.07, 6.45) is 0.0942. The second kappa shape index (κ2) is 6.62. The predicted molar refractivity (Wildman–Crippen MR) is 87.0 cm³/mol. The number of carbonyl (C=O) groups excluding carboxylic acids is 2. The van der Waals surface area contributed by atoms with Crippen molar-refractivity contribution in [1.29, 1.82) is 0 Å². The lowest BCUT2D eigenvalue weighted by atomic mass is 10.0. The van der Waals surface area contributed by atoms with Crippen LogP contribution >= 0.6 is 11.3 Å². The number of thiophene rings is 1. The van der Waals surface area contributed by atoms with Crippen molar-refractivity contribution >= 4 is 28.9 Å². The van der Waals surface area contributed by atoms with E-state index in [1.54, 1.807) is 6.07 Å². The number of hydrogen-bond donors (Lipinski definition) is 2. The van der Waals surface area contributed by atoms with Gasteiger partial charge in [-0.2, -0.15) is 0 Å². The highest BCUT2D eigenvalue weighted by atomic mass is 32.1. The number of nitrogens with zero attached hydrogens (tertiary/aromatic N) is 1. The molecular formula is C16H15N3O3S. The molecule has 1 unspecified atom stereocenters. The third-order valence-corrected chi connectivity index (χ3v) is 4.36. The van der Waals surface area contributed by atoms with Crippen molar-refractivity contribution in [3.63, 3.8) is 0 Å². The lowest BCUT2D eigenvalue weighted by Gasteiger charge is -2.07. The third-order valence-electron chi connectivity index (χ3n) is 3.36. The Morgan fingerprint density at radius 2 is 1.87 bits per heavy atom. The average molecular weight is 329 g/mol. The normalized spacial score (nSPS) is 16.4. The molecule has 0 spiro atoms. The van der Waals surface area contributed by atoms with Crippen LogP contribution in [0.5, 0.6) is 0 Å². The molecular weight excluding hydrogens is 314 g/mol. The zero-order chi connectivity index (χ0) is 16.2. The van der Waals surface area contributed by atoms with Crippen molar-refractivity contribution in [1.82, 2.24) is 10.9 Å². The minimum absolute atomic E-state index is 0.251. The summed E-state index contributed by atoms with van der Waals surface area (Å²) in [6, 6.07) is 13.1. The molecule has 118 valence electrons. The van der Waals surface area contributed by atoms with E-state index in [-0.39, 0.29) is 17.7 Å². The number of hydrogen-bond acceptors (Lipinski definition) is 5. The summed E-state index contributed by atoms with van der Waals surface area (Å²) in [7, 11) is 0. The van der Waals surface area contributed by atoms with E-state index in [1.165, 1.54) is 11.3 Å². The van der Waals surface area contributed by atoms with E-state index >= 15 is 0 Å². The average Bonchev–Trinajstić information content (AvgIpc) is 3.22. The molecule has 0 fully saturated rings. The number of aryl methyl sites for hydroxylation is 1. The molecule has 1 aliphatic rings. The van der Waals surface area contributed by atoms with Gasteiger partial charge < -0.3 is 4.84 Å². The zero-order valence-corrected chi connectivity index (χ0v) is 13.2. The molecule has 1 aromatic carbocycles. The van der Waals surface area contributed by atoms with Gasteiger partial charge in [-0.05, 0) is 24.6 Å². The minimum Gasteiger partial charge on any atom is -0.387 e. The molecule has 0 bridgehead atoms. The van der Waals surface area contributed by atoms with Crippen LogP contribution < -0.4 is 10.9 Å². The van der Waals surface area contributed by atoms with Gasteiger partial charge in [-0.3, -0.25) is 20.4 Å². The number of rotatable bonds is 3. The zero-order valence-electron chi connectivity index (χ0n) is 12.4. The van der Waals surface area contributed by atoms with E-state index < -0.39 is 5.91 Å². The Bertz CT molecular complexity index is 755. The Morgan fingerprint density at radius 1 is 1.13 bits per heavy atom. The molecule has 3 rings (SSSR count). The molecule has 2 amide bonds. The first-order valence-corrected chi connectivity index (χ1v) is 7.90. The summed E-state index contributed by atoms with van der Waals surface area (Å²) in [5.74, 6) is -0.819. The van der Waals surface area contributed by atoms with E-state index in [1.807, 2.05) is 43.3 Å². The van der Waals surface area contributed by atoms with Crippen molar-refractivity contribution in [3.8, 4) is 0 Å². The van der Waals surface area contributed by atoms with Crippen LogP contribution in [-0.4, -0.2) is 17.5 Å². The Kier molecular flexibility index (Phi) is 4.38. The fourth-order valence-corrected chi connectivity index (χ4v) is 2.92. The molecule has 1 aliphatic heterocycles. The van der Waals surface area contributed by atoms with Gasteiger partial charge in [0.05, 0.1) is 4.88 Å². The molecule has 1 aromatic heterocycles. The molecule has 7 heteroatoms. The molecule has 1 atom stereocenters. The van der Waals surface area contributed by atoms with Gasteiger partial charge in [-0.1, -0.05) is 35.5 Å². The summed E-state index contributed by atoms with van der Waals surface area (Å²) >= 11 is 1.36. The van der Waals surface area contributed by atoms with E-state index in [0.29, 0.717) is 11.3 Å². The number of nitrogens with one attached hydrogen (secondary N) is 2. The van der Waals surface area contributed by atoms with E-state index in [9.17, 15) is 9.59 Å². The van der Waals surface area contributed by atoms with Gasteiger partial charge in [0.1, 0.15) is 0 Å². The lowest BCUT2D eigenvalue weighted by molar-refractivity contribution is -0.115. The smallest absolute Gasteiger partial charge is 0.287 e. The summed E-state index contributed by atoms with van der Waals surface area (Å²) in [5, 5.41) is 3.80. The Labute approximate surface area is 137 Å². The molecule has 2 N–H and O–H groups in total. The first-order chi connectivity index (χ1) is 11.1. The Morgan fingerprint density at radius 3 is 2.57 bits per heavy atom. The maximum absolute atomic E-state index is 12.0. The van der Waals surface area contributed by atoms with Crippen LogP contribution in [0.25, 0.3) is 0 Å². The highest BCUT2D eigenvalue weighted by Gasteiger charge is 2.27.